The van der Waals surface area contributed by atoms with Crippen molar-refractivity contribution >= 4 is 27.2 Å². The van der Waals surface area contributed by atoms with Crippen LogP contribution in [-0.4, -0.2) is 22.0 Å². The predicted octanol–water partition coefficient (Wildman–Crippen LogP) is 5.03. The van der Waals surface area contributed by atoms with Gasteiger partial charge in [-0.05, 0) is 55.0 Å². The molecule has 1 N–H and O–H groups in total. The number of nitro groups is 1. The van der Waals surface area contributed by atoms with Crippen LogP contribution in [0.15, 0.2) is 47.3 Å². The van der Waals surface area contributed by atoms with Crippen LogP contribution >= 0.6 is 11.3 Å². The summed E-state index contributed by atoms with van der Waals surface area (Å²) in [5.74, 6) is 1.45. The van der Waals surface area contributed by atoms with Gasteiger partial charge in [0.25, 0.3) is 11.2 Å². The third kappa shape index (κ3) is 4.07. The Morgan fingerprint density at radius 1 is 1.15 bits per heavy atom. The van der Waals surface area contributed by atoms with Crippen LogP contribution in [-0.2, 0) is 19.4 Å². The first kappa shape index (κ1) is 21.1. The van der Waals surface area contributed by atoms with Gasteiger partial charge >= 0.3 is 0 Å². The van der Waals surface area contributed by atoms with Crippen molar-refractivity contribution in [2.45, 2.75) is 32.3 Å². The zero-order valence-electron chi connectivity index (χ0n) is 17.9. The predicted molar refractivity (Wildman–Crippen MR) is 126 cm³/mol. The molecule has 2 aromatic carbocycles. The minimum atomic E-state index is -0.437. The summed E-state index contributed by atoms with van der Waals surface area (Å²) in [6, 6.07) is 11.6. The van der Waals surface area contributed by atoms with Gasteiger partial charge < -0.3 is 14.5 Å². The highest BCUT2D eigenvalue weighted by Gasteiger charge is 2.20. The second-order valence-corrected chi connectivity index (χ2v) is 8.97. The lowest BCUT2D eigenvalue weighted by Crippen LogP contribution is -2.11. The zero-order chi connectivity index (χ0) is 22.9. The van der Waals surface area contributed by atoms with Crippen molar-refractivity contribution in [3.8, 4) is 22.9 Å². The fourth-order valence-corrected chi connectivity index (χ4v) is 5.42. The van der Waals surface area contributed by atoms with E-state index >= 15 is 0 Å². The Hall–Kier alpha value is -3.72. The van der Waals surface area contributed by atoms with Crippen LogP contribution in [0.4, 0.5) is 5.69 Å². The lowest BCUT2D eigenvalue weighted by molar-refractivity contribution is -0.384. The van der Waals surface area contributed by atoms with E-state index in [0.717, 1.165) is 41.5 Å². The molecule has 0 atom stereocenters. The molecule has 0 spiro atoms. The summed E-state index contributed by atoms with van der Waals surface area (Å²) in [5, 5.41) is 11.7. The lowest BCUT2D eigenvalue weighted by Gasteiger charge is -2.12. The highest BCUT2D eigenvalue weighted by Crippen LogP contribution is 2.36. The smallest absolute Gasteiger partial charge is 0.269 e. The number of methoxy groups -OCH3 is 1. The minimum absolute atomic E-state index is 0.0130. The van der Waals surface area contributed by atoms with Crippen LogP contribution < -0.4 is 15.0 Å². The topological polar surface area (TPSA) is 107 Å². The number of nitrogens with zero attached hydrogens (tertiary/aromatic N) is 2. The van der Waals surface area contributed by atoms with Gasteiger partial charge in [-0.25, -0.2) is 4.98 Å². The van der Waals surface area contributed by atoms with E-state index < -0.39 is 4.92 Å². The molecule has 4 aromatic rings. The number of hydrogen-bond acceptors (Lipinski definition) is 7. The molecule has 0 saturated heterocycles. The number of rotatable bonds is 6. The van der Waals surface area contributed by atoms with Gasteiger partial charge in [-0.15, -0.1) is 11.3 Å². The summed E-state index contributed by atoms with van der Waals surface area (Å²) in [4.78, 5) is 33.1. The fourth-order valence-electron chi connectivity index (χ4n) is 4.16. The van der Waals surface area contributed by atoms with E-state index in [1.807, 2.05) is 6.07 Å². The number of fused-ring (bicyclic) bond motifs is 3. The molecule has 2 heterocycles. The van der Waals surface area contributed by atoms with Crippen molar-refractivity contribution in [2.24, 2.45) is 0 Å². The van der Waals surface area contributed by atoms with Gasteiger partial charge in [0, 0.05) is 22.6 Å². The number of nitrogens with one attached hydrogen (secondary N) is 1. The standard InChI is InChI=1S/C24H21N3O5S/c1-31-19-12-15(9-10-18(19)32-13-14-5-4-6-16(11-14)27(29)30)22-25-23(28)21-17-7-2-3-8-20(17)33-24(21)26-22/h4-6,9-12H,2-3,7-8,13H2,1H3,(H,25,26,28). The molecule has 168 valence electrons. The number of nitro benzene ring substituents is 1. The van der Waals surface area contributed by atoms with E-state index in [1.54, 1.807) is 35.6 Å². The van der Waals surface area contributed by atoms with Gasteiger partial charge in [0.15, 0.2) is 11.5 Å². The van der Waals surface area contributed by atoms with Crippen LogP contribution in [0, 0.1) is 10.1 Å². The number of aromatic amines is 1. The van der Waals surface area contributed by atoms with Crippen LogP contribution in [0.3, 0.4) is 0 Å². The number of aromatic nitrogens is 2. The number of thiophene rings is 1. The lowest BCUT2D eigenvalue weighted by atomic mass is 9.97. The largest absolute Gasteiger partial charge is 0.493 e. The monoisotopic (exact) mass is 463 g/mol. The van der Waals surface area contributed by atoms with E-state index in [1.165, 1.54) is 24.1 Å². The van der Waals surface area contributed by atoms with Crippen molar-refractivity contribution < 1.29 is 14.4 Å². The van der Waals surface area contributed by atoms with Gasteiger partial charge in [0.05, 0.1) is 17.4 Å². The van der Waals surface area contributed by atoms with Crippen molar-refractivity contribution in [2.75, 3.05) is 7.11 Å². The van der Waals surface area contributed by atoms with Crippen molar-refractivity contribution in [1.82, 2.24) is 9.97 Å². The number of non-ortho nitro benzene ring substituents is 1. The molecule has 0 amide bonds. The SMILES string of the molecule is COc1cc(-c2nc3sc4c(c3c(=O)[nH]2)CCCC4)ccc1OCc1cccc([N+](=O)[O-])c1. The summed E-state index contributed by atoms with van der Waals surface area (Å²) in [7, 11) is 1.53. The molecular weight excluding hydrogens is 442 g/mol. The summed E-state index contributed by atoms with van der Waals surface area (Å²) in [6.07, 6.45) is 4.20. The molecule has 1 aliphatic carbocycles. The number of aryl methyl sites for hydroxylation is 2. The first-order valence-corrected chi connectivity index (χ1v) is 11.4. The third-order valence-electron chi connectivity index (χ3n) is 5.78. The van der Waals surface area contributed by atoms with Gasteiger partial charge in [0.2, 0.25) is 0 Å². The fraction of sp³-hybridized carbons (Fsp3) is 0.250. The molecule has 8 nitrogen and oxygen atoms in total. The van der Waals surface area contributed by atoms with Gasteiger partial charge in [-0.1, -0.05) is 12.1 Å². The Morgan fingerprint density at radius 3 is 2.82 bits per heavy atom. The van der Waals surface area contributed by atoms with Gasteiger partial charge in [0.1, 0.15) is 17.3 Å². The molecule has 0 saturated carbocycles. The summed E-state index contributed by atoms with van der Waals surface area (Å²) in [5.41, 5.74) is 2.44. The van der Waals surface area contributed by atoms with E-state index in [4.69, 9.17) is 14.5 Å². The average Bonchev–Trinajstić information content (AvgIpc) is 3.21. The summed E-state index contributed by atoms with van der Waals surface area (Å²) < 4.78 is 11.3. The average molecular weight is 464 g/mol. The summed E-state index contributed by atoms with van der Waals surface area (Å²) in [6.45, 7) is 0.152. The molecule has 0 unspecified atom stereocenters. The molecule has 0 fully saturated rings. The number of hydrogen-bond donors (Lipinski definition) is 1. The van der Waals surface area contributed by atoms with E-state index in [2.05, 4.69) is 4.98 Å². The van der Waals surface area contributed by atoms with Crippen molar-refractivity contribution in [3.63, 3.8) is 0 Å². The van der Waals surface area contributed by atoms with Crippen LogP contribution in [0.2, 0.25) is 0 Å². The minimum Gasteiger partial charge on any atom is -0.493 e. The number of ether oxygens (including phenoxy) is 2. The van der Waals surface area contributed by atoms with E-state index in [9.17, 15) is 14.9 Å². The van der Waals surface area contributed by atoms with Gasteiger partial charge in [-0.3, -0.25) is 14.9 Å². The van der Waals surface area contributed by atoms with Crippen LogP contribution in [0.1, 0.15) is 28.8 Å². The first-order valence-electron chi connectivity index (χ1n) is 10.6. The van der Waals surface area contributed by atoms with Crippen LogP contribution in [0.5, 0.6) is 11.5 Å². The molecule has 9 heteroatoms. The second kappa shape index (κ2) is 8.67. The molecule has 0 radical (unpaired) electrons. The van der Waals surface area contributed by atoms with Gasteiger partial charge in [-0.2, -0.15) is 0 Å². The molecule has 1 aliphatic rings. The van der Waals surface area contributed by atoms with Crippen LogP contribution in [0.25, 0.3) is 21.6 Å². The molecule has 5 rings (SSSR count). The maximum Gasteiger partial charge on any atom is 0.269 e. The Balaban J connectivity index is 1.43. The Labute approximate surface area is 193 Å². The molecule has 33 heavy (non-hydrogen) atoms. The molecule has 2 aromatic heterocycles. The quantitative estimate of drug-likeness (QED) is 0.318. The van der Waals surface area contributed by atoms with E-state index in [0.29, 0.717) is 28.5 Å². The third-order valence-corrected chi connectivity index (χ3v) is 6.96. The highest BCUT2D eigenvalue weighted by atomic mass is 32.1. The molecular formula is C24H21N3O5S. The molecule has 0 aliphatic heterocycles. The van der Waals surface area contributed by atoms with E-state index in [-0.39, 0.29) is 17.9 Å². The Kier molecular flexibility index (Phi) is 5.55. The number of H-pyrrole nitrogens is 1. The Bertz CT molecular complexity index is 1430. The second-order valence-electron chi connectivity index (χ2n) is 7.89. The maximum absolute atomic E-state index is 12.9. The first-order chi connectivity index (χ1) is 16.0. The zero-order valence-corrected chi connectivity index (χ0v) is 18.7. The van der Waals surface area contributed by atoms with Crippen molar-refractivity contribution in [1.29, 1.82) is 0 Å². The normalized spacial score (nSPS) is 13.0. The molecule has 0 bridgehead atoms. The summed E-state index contributed by atoms with van der Waals surface area (Å²) >= 11 is 1.61. The Morgan fingerprint density at radius 2 is 2.00 bits per heavy atom. The number of benzene rings is 2. The highest BCUT2D eigenvalue weighted by molar-refractivity contribution is 7.18. The van der Waals surface area contributed by atoms with Crippen molar-refractivity contribution in [3.05, 3.63) is 78.9 Å². The maximum atomic E-state index is 12.9.